The molecule has 12 heteroatoms. The number of hydrogen-bond donors (Lipinski definition) is 3. The lowest BCUT2D eigenvalue weighted by molar-refractivity contribution is 0.426. The zero-order valence-corrected chi connectivity index (χ0v) is 79.0. The van der Waals surface area contributed by atoms with Gasteiger partial charge in [0.1, 0.15) is 39.2 Å². The van der Waals surface area contributed by atoms with Crippen LogP contribution in [-0.4, -0.2) is 29.9 Å². The minimum Gasteiger partial charge on any atom is -0.537 e. The highest BCUT2D eigenvalue weighted by atomic mass is 79.9. The number of benzene rings is 24. The van der Waals surface area contributed by atoms with Crippen LogP contribution in [-0.2, 0) is 0 Å². The quantitative estimate of drug-likeness (QED) is 0.0924. The smallest absolute Gasteiger partial charge is 0.537 e. The second kappa shape index (κ2) is 37.5. The normalized spacial score (nSPS) is 11.4. The molecule has 7 nitrogen and oxygen atoms in total. The van der Waals surface area contributed by atoms with Gasteiger partial charge in [-0.15, -0.1) is 0 Å². The van der Waals surface area contributed by atoms with Crippen LogP contribution in [0.4, 0.5) is 0 Å². The van der Waals surface area contributed by atoms with Crippen molar-refractivity contribution >= 4 is 231 Å². The molecule has 0 aliphatic carbocycles. The monoisotopic (exact) mass is 1960 g/mol. The number of para-hydroxylation sites is 3. The molecule has 0 fully saturated rings. The molecule has 27 aromatic rings. The van der Waals surface area contributed by atoms with E-state index in [2.05, 4.69) is 412 Å². The molecule has 0 aliphatic rings. The van der Waals surface area contributed by atoms with Crippen LogP contribution < -0.4 is 10.1 Å². The summed E-state index contributed by atoms with van der Waals surface area (Å²) in [5.41, 5.74) is 22.7. The second-order valence-corrected chi connectivity index (χ2v) is 37.4. The van der Waals surface area contributed by atoms with Gasteiger partial charge in [-0.1, -0.05) is 388 Å². The van der Waals surface area contributed by atoms with Crippen molar-refractivity contribution in [3.05, 3.63) is 481 Å². The molecule has 653 valence electrons. The fourth-order valence-electron chi connectivity index (χ4n) is 19.7. The van der Waals surface area contributed by atoms with E-state index in [1.54, 1.807) is 18.2 Å². The predicted octanol–water partition coefficient (Wildman–Crippen LogP) is 35.1. The van der Waals surface area contributed by atoms with Crippen molar-refractivity contribution in [1.29, 1.82) is 0 Å². The first-order chi connectivity index (χ1) is 67.9. The number of rotatable bonds is 10. The van der Waals surface area contributed by atoms with Gasteiger partial charge in [0, 0.05) is 56.5 Å². The Morgan fingerprint density at radius 2 is 0.428 bits per heavy atom. The third-order valence-electron chi connectivity index (χ3n) is 26.3. The minimum atomic E-state index is -1.45. The molecule has 1 radical (unpaired) electrons. The summed E-state index contributed by atoms with van der Waals surface area (Å²) in [5, 5.41) is 55.7. The standard InChI is InChI=1S/C52H32O.C30H20BO2.C22H13BrO.C12H9BO3.C10H6Br2/c1-2-11-34-28-36(21-20-33(34)10-1)35-12-9-13-41(30-35)51-44-15-3-5-17-46(44)52(47-18-6-4-16-45(47)51)42-25-24-37-29-38(22-23-39(37)31-42)40-26-27-50-48(32-40)43-14-7-8-19-49(43)53-50;32-31-33-30-27-14-5-3-12-25(27)29(26-13-4-6-15-28(26)30)24-11-7-10-22(19-24)23-17-16-20-8-1-2-9-21(20)18-23;23-18-9-7-15-11-14(5-6-16(15)12-18)17-8-10-22-20(13-17)19-3-1-2-4-21(19)24-22;14-13(15)8-5-6-12-10(7-8)9-3-1-2-4-11(9)16-12;11-9-3-1-7-5-10(12)4-2-8(7)6-9/h1-32H;1-19,32H;1-13H;1-7,14-15H;1-6H. The molecule has 3 N–H and O–H groups in total. The fourth-order valence-corrected chi connectivity index (χ4v) is 20.8. The zero-order valence-electron chi connectivity index (χ0n) is 74.2. The largest absolute Gasteiger partial charge is 0.569 e. The van der Waals surface area contributed by atoms with Crippen LogP contribution in [0.1, 0.15) is 0 Å². The summed E-state index contributed by atoms with van der Waals surface area (Å²) in [6.07, 6.45) is 0. The molecule has 3 aromatic heterocycles. The van der Waals surface area contributed by atoms with Gasteiger partial charge in [0.25, 0.3) is 0 Å². The molecule has 0 unspecified atom stereocenters. The van der Waals surface area contributed by atoms with Gasteiger partial charge >= 0.3 is 14.8 Å². The van der Waals surface area contributed by atoms with Gasteiger partial charge in [-0.05, 0) is 297 Å². The highest BCUT2D eigenvalue weighted by Gasteiger charge is 2.22. The number of hydrogen-bond acceptors (Lipinski definition) is 7. The van der Waals surface area contributed by atoms with E-state index in [1.165, 1.54) is 153 Å². The molecular formula is C126H80B2Br3O7. The first-order valence-corrected chi connectivity index (χ1v) is 48.1. The van der Waals surface area contributed by atoms with E-state index in [4.69, 9.17) is 28.0 Å². The summed E-state index contributed by atoms with van der Waals surface area (Å²) >= 11 is 10.4. The van der Waals surface area contributed by atoms with Crippen LogP contribution >= 0.6 is 47.8 Å². The van der Waals surface area contributed by atoms with E-state index >= 15 is 0 Å². The van der Waals surface area contributed by atoms with Gasteiger partial charge in [0.15, 0.2) is 0 Å². The Morgan fingerprint density at radius 3 is 0.797 bits per heavy atom. The van der Waals surface area contributed by atoms with Crippen LogP contribution in [0.15, 0.2) is 494 Å². The van der Waals surface area contributed by atoms with Crippen molar-refractivity contribution in [2.45, 2.75) is 0 Å². The van der Waals surface area contributed by atoms with Gasteiger partial charge in [-0.3, -0.25) is 0 Å². The van der Waals surface area contributed by atoms with Crippen LogP contribution in [0, 0.1) is 0 Å². The van der Waals surface area contributed by atoms with Crippen molar-refractivity contribution in [1.82, 2.24) is 0 Å². The molecule has 0 spiro atoms. The lowest BCUT2D eigenvalue weighted by Gasteiger charge is -2.18. The van der Waals surface area contributed by atoms with Gasteiger partial charge in [-0.2, -0.15) is 0 Å². The summed E-state index contributed by atoms with van der Waals surface area (Å²) < 4.78 is 26.6. The van der Waals surface area contributed by atoms with E-state index < -0.39 is 7.12 Å². The van der Waals surface area contributed by atoms with Crippen LogP contribution in [0.5, 0.6) is 5.75 Å². The fraction of sp³-hybridized carbons (Fsp3) is 0. The minimum absolute atomic E-state index is 0.471. The molecule has 0 amide bonds. The first kappa shape index (κ1) is 86.4. The Morgan fingerprint density at radius 1 is 0.188 bits per heavy atom. The highest BCUT2D eigenvalue weighted by Crippen LogP contribution is 2.48. The Balaban J connectivity index is 0.000000107. The molecule has 0 aliphatic heterocycles. The molecule has 138 heavy (non-hydrogen) atoms. The van der Waals surface area contributed by atoms with Crippen molar-refractivity contribution in [3.8, 4) is 83.6 Å². The van der Waals surface area contributed by atoms with E-state index in [9.17, 15) is 5.02 Å². The van der Waals surface area contributed by atoms with E-state index in [0.717, 1.165) is 109 Å². The van der Waals surface area contributed by atoms with E-state index in [-0.39, 0.29) is 0 Å². The molecule has 0 atom stereocenters. The number of halogens is 3. The zero-order chi connectivity index (χ0) is 92.9. The van der Waals surface area contributed by atoms with Crippen LogP contribution in [0.3, 0.4) is 0 Å². The van der Waals surface area contributed by atoms with Gasteiger partial charge in [0.05, 0.1) is 0 Å². The SMILES string of the molecule is Brc1ccc2cc(-c3ccc4oc5ccccc5c4c3)ccc2c1.Brc1ccc2cc(Br)ccc2c1.OB(O)c1ccc2oc3ccccc3c2c1.O[B]Oc1c2ccccc2c(-c2cccc(-c3ccc4ccccc4c3)c2)c2ccccc12.c1cc(-c2ccc3ccccc3c2)cc(-c2c3ccccc3c(-c3ccc4cc(-c5ccc6oc7ccccc7c6c5)ccc4c3)c3ccccc23)c1. The predicted molar refractivity (Wildman–Crippen MR) is 591 cm³/mol. The molecule has 24 aromatic carbocycles. The Kier molecular flexibility index (Phi) is 23.5. The number of furan rings is 3. The van der Waals surface area contributed by atoms with Crippen LogP contribution in [0.2, 0.25) is 0 Å². The first-order valence-electron chi connectivity index (χ1n) is 45.8. The van der Waals surface area contributed by atoms with Gasteiger partial charge < -0.3 is 33.0 Å². The molecule has 0 saturated carbocycles. The molecule has 3 heterocycles. The second-order valence-electron chi connectivity index (χ2n) is 34.6. The van der Waals surface area contributed by atoms with Crippen molar-refractivity contribution < 1.29 is 33.0 Å². The van der Waals surface area contributed by atoms with E-state index in [1.807, 2.05) is 84.9 Å². The molecule has 0 bridgehead atoms. The maximum absolute atomic E-state index is 9.42. The summed E-state index contributed by atoms with van der Waals surface area (Å²) in [6.45, 7) is 0. The maximum atomic E-state index is 9.42. The summed E-state index contributed by atoms with van der Waals surface area (Å²) in [6, 6.07) is 164. The Labute approximate surface area is 821 Å². The summed E-state index contributed by atoms with van der Waals surface area (Å²) in [7, 11) is -0.688. The highest BCUT2D eigenvalue weighted by molar-refractivity contribution is 9.11. The van der Waals surface area contributed by atoms with Crippen molar-refractivity contribution in [2.75, 3.05) is 0 Å². The number of fused-ring (bicyclic) bond motifs is 18. The van der Waals surface area contributed by atoms with E-state index in [0.29, 0.717) is 11.2 Å². The molecule has 27 rings (SSSR count). The average Bonchev–Trinajstić information content (AvgIpc) is 0.883. The molecule has 0 saturated heterocycles. The van der Waals surface area contributed by atoms with Gasteiger partial charge in [-0.25, -0.2) is 0 Å². The van der Waals surface area contributed by atoms with Gasteiger partial charge in [0.2, 0.25) is 0 Å². The topological polar surface area (TPSA) is 109 Å². The Bertz CT molecular complexity index is 9290. The third-order valence-corrected chi connectivity index (χ3v) is 27.7. The van der Waals surface area contributed by atoms with Crippen molar-refractivity contribution in [2.24, 2.45) is 0 Å². The third kappa shape index (κ3) is 17.0. The Hall–Kier alpha value is -15.7. The lowest BCUT2D eigenvalue weighted by Crippen LogP contribution is -2.29. The molecular weight excluding hydrogens is 1890 g/mol. The maximum Gasteiger partial charge on any atom is 0.569 e. The average molecular weight is 1970 g/mol. The summed E-state index contributed by atoms with van der Waals surface area (Å²) in [4.78, 5) is 0. The summed E-state index contributed by atoms with van der Waals surface area (Å²) in [5.74, 6) is 0.665. The van der Waals surface area contributed by atoms with Crippen LogP contribution in [0.25, 0.3) is 241 Å². The lowest BCUT2D eigenvalue weighted by atomic mass is 9.80. The van der Waals surface area contributed by atoms with Crippen molar-refractivity contribution in [3.63, 3.8) is 0 Å².